The van der Waals surface area contributed by atoms with Gasteiger partial charge in [-0.05, 0) is 18.9 Å². The molecule has 0 radical (unpaired) electrons. The number of aromatic nitrogens is 2. The van der Waals surface area contributed by atoms with Crippen LogP contribution in [0.4, 0.5) is 0 Å². The summed E-state index contributed by atoms with van der Waals surface area (Å²) in [6, 6.07) is 1.43. The Balaban J connectivity index is 2.32. The largest absolute Gasteiger partial charge is 0.266 e. The first-order chi connectivity index (χ1) is 7.17. The van der Waals surface area contributed by atoms with Gasteiger partial charge in [-0.25, -0.2) is 13.1 Å². The van der Waals surface area contributed by atoms with E-state index in [9.17, 15) is 8.42 Å². The minimum absolute atomic E-state index is 0.114. The van der Waals surface area contributed by atoms with E-state index in [1.54, 1.807) is 0 Å². The van der Waals surface area contributed by atoms with Gasteiger partial charge in [0.2, 0.25) is 0 Å². The fraction of sp³-hybridized carbons (Fsp3) is 0.625. The molecule has 1 rings (SSSR count). The average molecular weight is 296 g/mol. The van der Waals surface area contributed by atoms with Gasteiger partial charge in [-0.3, -0.25) is 5.10 Å². The zero-order valence-electron chi connectivity index (χ0n) is 8.24. The van der Waals surface area contributed by atoms with Crippen molar-refractivity contribution in [3.05, 3.63) is 12.3 Å². The highest BCUT2D eigenvalue weighted by Gasteiger charge is 2.13. The topological polar surface area (TPSA) is 74.8 Å². The first kappa shape index (κ1) is 12.7. The zero-order valence-corrected chi connectivity index (χ0v) is 10.6. The van der Waals surface area contributed by atoms with E-state index in [1.165, 1.54) is 12.3 Å². The Morgan fingerprint density at radius 3 is 2.80 bits per heavy atom. The first-order valence-electron chi connectivity index (χ1n) is 4.72. The molecule has 0 fully saturated rings. The van der Waals surface area contributed by atoms with Crippen LogP contribution in [0.25, 0.3) is 0 Å². The Morgan fingerprint density at radius 1 is 1.40 bits per heavy atom. The van der Waals surface area contributed by atoms with E-state index in [4.69, 9.17) is 0 Å². The monoisotopic (exact) mass is 295 g/mol. The Bertz CT molecular complexity index is 363. The van der Waals surface area contributed by atoms with Gasteiger partial charge in [0.1, 0.15) is 0 Å². The Labute approximate surface area is 97.8 Å². The summed E-state index contributed by atoms with van der Waals surface area (Å²) in [5.74, 6) is 0. The molecule has 0 aliphatic heterocycles. The highest BCUT2D eigenvalue weighted by Crippen LogP contribution is 2.03. The van der Waals surface area contributed by atoms with Crippen LogP contribution in [0.5, 0.6) is 0 Å². The van der Waals surface area contributed by atoms with Crippen molar-refractivity contribution in [2.24, 2.45) is 0 Å². The maximum Gasteiger partial charge on any atom is 0.257 e. The van der Waals surface area contributed by atoms with Crippen molar-refractivity contribution in [1.82, 2.24) is 14.9 Å². The molecular weight excluding hydrogens is 282 g/mol. The Morgan fingerprint density at radius 2 is 2.20 bits per heavy atom. The predicted octanol–water partition coefficient (Wildman–Crippen LogP) is 1.25. The molecule has 2 N–H and O–H groups in total. The summed E-state index contributed by atoms with van der Waals surface area (Å²) in [4.78, 5) is 0. The van der Waals surface area contributed by atoms with Crippen LogP contribution in [0, 0.1) is 0 Å². The lowest BCUT2D eigenvalue weighted by molar-refractivity contribution is 0.572. The molecule has 0 bridgehead atoms. The van der Waals surface area contributed by atoms with Gasteiger partial charge in [0, 0.05) is 11.9 Å². The number of nitrogens with one attached hydrogen (secondary N) is 2. The predicted molar refractivity (Wildman–Crippen MR) is 61.4 cm³/mol. The molecule has 15 heavy (non-hydrogen) atoms. The van der Waals surface area contributed by atoms with Crippen LogP contribution in [-0.2, 0) is 10.0 Å². The molecule has 1 aromatic rings. The van der Waals surface area contributed by atoms with Gasteiger partial charge < -0.3 is 0 Å². The standard InChI is InChI=1S/C8H14BrN3O2S/c9-5-2-1-3-6-11-15(13,14)8-4-7-10-12-8/h4,7,11H,1-3,5-6H2,(H,10,12). The molecule has 5 nitrogen and oxygen atoms in total. The number of alkyl halides is 1. The van der Waals surface area contributed by atoms with E-state index < -0.39 is 10.0 Å². The van der Waals surface area contributed by atoms with E-state index in [0.717, 1.165) is 24.6 Å². The van der Waals surface area contributed by atoms with Gasteiger partial charge in [0.15, 0.2) is 5.03 Å². The first-order valence-corrected chi connectivity index (χ1v) is 7.32. The van der Waals surface area contributed by atoms with Crippen molar-refractivity contribution in [2.45, 2.75) is 24.3 Å². The summed E-state index contributed by atoms with van der Waals surface area (Å²) in [5, 5.41) is 7.09. The summed E-state index contributed by atoms with van der Waals surface area (Å²) in [5.41, 5.74) is 0. The quantitative estimate of drug-likeness (QED) is 0.587. The maximum atomic E-state index is 11.5. The summed E-state index contributed by atoms with van der Waals surface area (Å²) in [7, 11) is -3.38. The number of hydrogen-bond acceptors (Lipinski definition) is 3. The van der Waals surface area contributed by atoms with Crippen LogP contribution in [0.1, 0.15) is 19.3 Å². The van der Waals surface area contributed by atoms with Crippen LogP contribution in [0.3, 0.4) is 0 Å². The van der Waals surface area contributed by atoms with Crippen molar-refractivity contribution in [3.63, 3.8) is 0 Å². The molecule has 0 spiro atoms. The second kappa shape index (κ2) is 6.24. The van der Waals surface area contributed by atoms with Crippen molar-refractivity contribution in [1.29, 1.82) is 0 Å². The molecule has 1 aromatic heterocycles. The van der Waals surface area contributed by atoms with Crippen LogP contribution < -0.4 is 4.72 Å². The number of aromatic amines is 1. The van der Waals surface area contributed by atoms with Gasteiger partial charge in [-0.15, -0.1) is 0 Å². The number of halogens is 1. The van der Waals surface area contributed by atoms with Crippen LogP contribution in [-0.4, -0.2) is 30.5 Å². The Kier molecular flexibility index (Phi) is 5.27. The van der Waals surface area contributed by atoms with E-state index >= 15 is 0 Å². The number of unbranched alkanes of at least 4 members (excludes halogenated alkanes) is 2. The number of hydrogen-bond donors (Lipinski definition) is 2. The SMILES string of the molecule is O=S(=O)(NCCCCCBr)c1ccn[nH]1. The highest BCUT2D eigenvalue weighted by molar-refractivity contribution is 9.09. The summed E-state index contributed by atoms with van der Waals surface area (Å²) >= 11 is 3.32. The molecule has 7 heteroatoms. The van der Waals surface area contributed by atoms with Crippen molar-refractivity contribution >= 4 is 26.0 Å². The molecule has 0 aliphatic rings. The minimum atomic E-state index is -3.38. The van der Waals surface area contributed by atoms with E-state index in [2.05, 4.69) is 30.8 Å². The highest BCUT2D eigenvalue weighted by atomic mass is 79.9. The zero-order chi connectivity index (χ0) is 11.1. The molecule has 86 valence electrons. The molecule has 0 saturated carbocycles. The summed E-state index contributed by atoms with van der Waals surface area (Å²) < 4.78 is 25.6. The van der Waals surface area contributed by atoms with Gasteiger partial charge in [-0.1, -0.05) is 22.4 Å². The molecule has 1 heterocycles. The number of H-pyrrole nitrogens is 1. The lowest BCUT2D eigenvalue weighted by Gasteiger charge is -2.03. The maximum absolute atomic E-state index is 11.5. The summed E-state index contributed by atoms with van der Waals surface area (Å²) in [6.07, 6.45) is 4.33. The van der Waals surface area contributed by atoms with Crippen LogP contribution in [0.15, 0.2) is 17.3 Å². The number of sulfonamides is 1. The van der Waals surface area contributed by atoms with Crippen molar-refractivity contribution in [3.8, 4) is 0 Å². The van der Waals surface area contributed by atoms with Gasteiger partial charge in [-0.2, -0.15) is 5.10 Å². The average Bonchev–Trinajstić information content (AvgIpc) is 2.70. The minimum Gasteiger partial charge on any atom is -0.266 e. The van der Waals surface area contributed by atoms with E-state index in [-0.39, 0.29) is 5.03 Å². The molecule has 0 aromatic carbocycles. The second-order valence-corrected chi connectivity index (χ2v) is 5.60. The van der Waals surface area contributed by atoms with Crippen LogP contribution in [0.2, 0.25) is 0 Å². The van der Waals surface area contributed by atoms with Crippen LogP contribution >= 0.6 is 15.9 Å². The van der Waals surface area contributed by atoms with Gasteiger partial charge in [0.05, 0.1) is 6.20 Å². The lowest BCUT2D eigenvalue weighted by Crippen LogP contribution is -2.25. The molecule has 0 saturated heterocycles. The normalized spacial score (nSPS) is 11.8. The lowest BCUT2D eigenvalue weighted by atomic mass is 10.3. The van der Waals surface area contributed by atoms with Gasteiger partial charge in [0.25, 0.3) is 10.0 Å². The fourth-order valence-electron chi connectivity index (χ4n) is 1.07. The van der Waals surface area contributed by atoms with Crippen molar-refractivity contribution < 1.29 is 8.42 Å². The fourth-order valence-corrected chi connectivity index (χ4v) is 2.45. The molecule has 0 atom stereocenters. The second-order valence-electron chi connectivity index (χ2n) is 3.07. The molecule has 0 unspecified atom stereocenters. The van der Waals surface area contributed by atoms with E-state index in [0.29, 0.717) is 6.54 Å². The third kappa shape index (κ3) is 4.31. The van der Waals surface area contributed by atoms with Crippen molar-refractivity contribution in [2.75, 3.05) is 11.9 Å². The number of rotatable bonds is 7. The summed E-state index contributed by atoms with van der Waals surface area (Å²) in [6.45, 7) is 0.467. The van der Waals surface area contributed by atoms with E-state index in [1.807, 2.05) is 0 Å². The molecule has 0 amide bonds. The third-order valence-corrected chi connectivity index (χ3v) is 3.82. The smallest absolute Gasteiger partial charge is 0.257 e. The van der Waals surface area contributed by atoms with Gasteiger partial charge >= 0.3 is 0 Å². The third-order valence-electron chi connectivity index (χ3n) is 1.87. The number of nitrogens with zero attached hydrogens (tertiary/aromatic N) is 1. The molecule has 0 aliphatic carbocycles. The Hall–Kier alpha value is -0.400. The molecular formula is C8H14BrN3O2S.